The van der Waals surface area contributed by atoms with Crippen LogP contribution in [-0.2, 0) is 32.6 Å². The Labute approximate surface area is 205 Å². The molecule has 3 rings (SSSR count). The number of nitrogens with one attached hydrogen (secondary N) is 1. The highest BCUT2D eigenvalue weighted by molar-refractivity contribution is 7.92. The maximum atomic E-state index is 13.1. The lowest BCUT2D eigenvalue weighted by Crippen LogP contribution is -2.49. The highest BCUT2D eigenvalue weighted by Crippen LogP contribution is 2.30. The van der Waals surface area contributed by atoms with E-state index in [2.05, 4.69) is 22.3 Å². The van der Waals surface area contributed by atoms with E-state index in [1.807, 2.05) is 12.1 Å². The van der Waals surface area contributed by atoms with E-state index in [0.717, 1.165) is 54.5 Å². The van der Waals surface area contributed by atoms with Crippen LogP contribution >= 0.6 is 23.2 Å². The molecular formula is C23H29Cl2N3O4S. The van der Waals surface area contributed by atoms with Gasteiger partial charge in [-0.05, 0) is 35.7 Å². The summed E-state index contributed by atoms with van der Waals surface area (Å²) >= 11 is 12.1. The average molecular weight is 514 g/mol. The van der Waals surface area contributed by atoms with E-state index in [4.69, 9.17) is 27.9 Å². The molecule has 180 valence electrons. The quantitative estimate of drug-likeness (QED) is 0.553. The first kappa shape index (κ1) is 25.8. The van der Waals surface area contributed by atoms with Crippen LogP contribution in [0.2, 0.25) is 10.0 Å². The number of anilines is 1. The molecule has 7 nitrogen and oxygen atoms in total. The molecule has 33 heavy (non-hydrogen) atoms. The fraction of sp³-hybridized carbons (Fsp3) is 0.435. The van der Waals surface area contributed by atoms with Crippen molar-refractivity contribution in [2.45, 2.75) is 32.5 Å². The van der Waals surface area contributed by atoms with Crippen molar-refractivity contribution in [3.8, 4) is 0 Å². The van der Waals surface area contributed by atoms with Crippen molar-refractivity contribution >= 4 is 44.8 Å². The van der Waals surface area contributed by atoms with Gasteiger partial charge in [0.05, 0.1) is 35.2 Å². The van der Waals surface area contributed by atoms with Crippen LogP contribution in [0, 0.1) is 0 Å². The van der Waals surface area contributed by atoms with Crippen LogP contribution < -0.4 is 9.62 Å². The van der Waals surface area contributed by atoms with E-state index in [-0.39, 0.29) is 17.4 Å². The zero-order valence-electron chi connectivity index (χ0n) is 18.8. The van der Waals surface area contributed by atoms with Gasteiger partial charge in [0.15, 0.2) is 0 Å². The van der Waals surface area contributed by atoms with Crippen molar-refractivity contribution in [1.82, 2.24) is 10.2 Å². The van der Waals surface area contributed by atoms with Crippen LogP contribution in [0.1, 0.15) is 24.5 Å². The van der Waals surface area contributed by atoms with Crippen molar-refractivity contribution in [2.24, 2.45) is 0 Å². The molecule has 10 heteroatoms. The number of benzene rings is 2. The van der Waals surface area contributed by atoms with Crippen LogP contribution in [0.4, 0.5) is 5.69 Å². The summed E-state index contributed by atoms with van der Waals surface area (Å²) in [6, 6.07) is 11.6. The van der Waals surface area contributed by atoms with Crippen LogP contribution in [0.15, 0.2) is 42.5 Å². The number of carbonyl (C=O) groups is 1. The molecule has 1 saturated heterocycles. The Morgan fingerprint density at radius 1 is 1.12 bits per heavy atom. The summed E-state index contributed by atoms with van der Waals surface area (Å²) in [6.07, 6.45) is 1.36. The van der Waals surface area contributed by atoms with Gasteiger partial charge in [-0.3, -0.25) is 14.0 Å². The lowest BCUT2D eigenvalue weighted by atomic mass is 10.1. The van der Waals surface area contributed by atoms with Crippen molar-refractivity contribution in [1.29, 1.82) is 0 Å². The summed E-state index contributed by atoms with van der Waals surface area (Å²) in [5.74, 6) is -0.382. The normalized spacial score (nSPS) is 15.8. The Balaban J connectivity index is 1.71. The number of morpholine rings is 1. The highest BCUT2D eigenvalue weighted by Gasteiger charge is 2.31. The second-order valence-corrected chi connectivity index (χ2v) is 10.7. The minimum atomic E-state index is -3.75. The predicted octanol–water partition coefficient (Wildman–Crippen LogP) is 3.69. The van der Waals surface area contributed by atoms with Crippen molar-refractivity contribution in [2.75, 3.05) is 36.9 Å². The Kier molecular flexibility index (Phi) is 9.01. The van der Waals surface area contributed by atoms with Gasteiger partial charge in [-0.25, -0.2) is 8.42 Å². The van der Waals surface area contributed by atoms with Crippen molar-refractivity contribution < 1.29 is 17.9 Å². The molecule has 1 N–H and O–H groups in total. The summed E-state index contributed by atoms with van der Waals surface area (Å²) in [4.78, 5) is 15.4. The summed E-state index contributed by atoms with van der Waals surface area (Å²) in [5.41, 5.74) is 2.40. The topological polar surface area (TPSA) is 79.0 Å². The minimum Gasteiger partial charge on any atom is -0.379 e. The predicted molar refractivity (Wildman–Crippen MR) is 132 cm³/mol. The van der Waals surface area contributed by atoms with Crippen LogP contribution in [0.3, 0.4) is 0 Å². The van der Waals surface area contributed by atoms with Gasteiger partial charge in [-0.2, -0.15) is 0 Å². The number of hydrogen-bond donors (Lipinski definition) is 1. The molecule has 0 aromatic heterocycles. The monoisotopic (exact) mass is 513 g/mol. The maximum absolute atomic E-state index is 13.1. The molecule has 1 fully saturated rings. The Morgan fingerprint density at radius 3 is 2.45 bits per heavy atom. The largest absolute Gasteiger partial charge is 0.379 e. The lowest BCUT2D eigenvalue weighted by molar-refractivity contribution is -0.122. The molecule has 1 aliphatic heterocycles. The zero-order valence-corrected chi connectivity index (χ0v) is 21.1. The van der Waals surface area contributed by atoms with E-state index >= 15 is 0 Å². The molecule has 2 aromatic carbocycles. The molecule has 1 amide bonds. The summed E-state index contributed by atoms with van der Waals surface area (Å²) in [7, 11) is -3.75. The molecule has 0 radical (unpaired) electrons. The van der Waals surface area contributed by atoms with Crippen molar-refractivity contribution in [3.05, 3.63) is 63.6 Å². The van der Waals surface area contributed by atoms with Gasteiger partial charge in [0.25, 0.3) is 0 Å². The van der Waals surface area contributed by atoms with Crippen LogP contribution in [0.5, 0.6) is 0 Å². The SMILES string of the molecule is CCC(C(=O)NCc1cccc(CN2CCOCC2)c1)N(c1ccc(Cl)c(Cl)c1)S(C)(=O)=O. The number of nitrogens with zero attached hydrogens (tertiary/aromatic N) is 2. The molecule has 1 heterocycles. The molecule has 1 atom stereocenters. The van der Waals surface area contributed by atoms with E-state index in [9.17, 15) is 13.2 Å². The third kappa shape index (κ3) is 7.07. The van der Waals surface area contributed by atoms with Gasteiger partial charge in [-0.15, -0.1) is 0 Å². The summed E-state index contributed by atoms with van der Waals surface area (Å²) < 4.78 is 31.7. The number of amides is 1. The second-order valence-electron chi connectivity index (χ2n) is 8.01. The first-order chi connectivity index (χ1) is 15.7. The smallest absolute Gasteiger partial charge is 0.244 e. The molecule has 0 aliphatic carbocycles. The summed E-state index contributed by atoms with van der Waals surface area (Å²) in [6.45, 7) is 6.16. The Bertz CT molecular complexity index is 1080. The van der Waals surface area contributed by atoms with Gasteiger partial charge < -0.3 is 10.1 Å². The van der Waals surface area contributed by atoms with E-state index in [1.54, 1.807) is 13.0 Å². The van der Waals surface area contributed by atoms with Gasteiger partial charge in [0.1, 0.15) is 6.04 Å². The summed E-state index contributed by atoms with van der Waals surface area (Å²) in [5, 5.41) is 3.42. The molecule has 0 spiro atoms. The number of sulfonamides is 1. The van der Waals surface area contributed by atoms with Gasteiger partial charge >= 0.3 is 0 Å². The number of carbonyl (C=O) groups excluding carboxylic acids is 1. The third-order valence-electron chi connectivity index (χ3n) is 5.46. The second kappa shape index (κ2) is 11.5. The van der Waals surface area contributed by atoms with Gasteiger partial charge in [-0.1, -0.05) is 54.4 Å². The number of ether oxygens (including phenoxy) is 1. The van der Waals surface area contributed by atoms with Gasteiger partial charge in [0.2, 0.25) is 15.9 Å². The van der Waals surface area contributed by atoms with E-state index < -0.39 is 16.1 Å². The highest BCUT2D eigenvalue weighted by atomic mass is 35.5. The first-order valence-electron chi connectivity index (χ1n) is 10.8. The molecule has 0 saturated carbocycles. The average Bonchev–Trinajstić information content (AvgIpc) is 2.78. The van der Waals surface area contributed by atoms with Crippen LogP contribution in [0.25, 0.3) is 0 Å². The molecule has 2 aromatic rings. The maximum Gasteiger partial charge on any atom is 0.244 e. The standard InChI is InChI=1S/C23H29Cl2N3O4S/c1-3-22(28(33(2,30)31)19-7-8-20(24)21(25)14-19)23(29)26-15-17-5-4-6-18(13-17)16-27-9-11-32-12-10-27/h4-8,13-14,22H,3,9-12,15-16H2,1-2H3,(H,26,29). The molecular weight excluding hydrogens is 485 g/mol. The number of halogens is 2. The first-order valence-corrected chi connectivity index (χ1v) is 13.4. The van der Waals surface area contributed by atoms with Crippen molar-refractivity contribution in [3.63, 3.8) is 0 Å². The van der Waals surface area contributed by atoms with Crippen LogP contribution in [-0.4, -0.2) is 57.8 Å². The lowest BCUT2D eigenvalue weighted by Gasteiger charge is -2.30. The van der Waals surface area contributed by atoms with E-state index in [0.29, 0.717) is 17.3 Å². The Morgan fingerprint density at radius 2 is 1.82 bits per heavy atom. The fourth-order valence-corrected chi connectivity index (χ4v) is 5.34. The fourth-order valence-electron chi connectivity index (χ4n) is 3.84. The molecule has 0 bridgehead atoms. The number of rotatable bonds is 9. The zero-order chi connectivity index (χ0) is 24.0. The molecule has 1 unspecified atom stereocenters. The van der Waals surface area contributed by atoms with Gasteiger partial charge in [0, 0.05) is 26.2 Å². The number of hydrogen-bond acceptors (Lipinski definition) is 5. The van der Waals surface area contributed by atoms with E-state index in [1.165, 1.54) is 12.1 Å². The minimum absolute atomic E-state index is 0.218. The molecule has 1 aliphatic rings. The Hall–Kier alpha value is -1.84. The third-order valence-corrected chi connectivity index (χ3v) is 7.37.